The molecule has 2 aromatic rings. The van der Waals surface area contributed by atoms with Gasteiger partial charge in [0.05, 0.1) is 0 Å². The minimum atomic E-state index is -0.818. The molecule has 0 N–H and O–H groups in total. The number of alkyl halides is 1. The maximum atomic E-state index is 14.0. The van der Waals surface area contributed by atoms with Gasteiger partial charge in [-0.15, -0.1) is 0 Å². The van der Waals surface area contributed by atoms with E-state index in [2.05, 4.69) is 27.9 Å². The van der Waals surface area contributed by atoms with E-state index in [9.17, 15) is 4.79 Å². The van der Waals surface area contributed by atoms with Gasteiger partial charge in [-0.25, -0.2) is 0 Å². The first kappa shape index (κ1) is 22.5. The molecule has 0 aromatic heterocycles. The van der Waals surface area contributed by atoms with E-state index in [1.54, 1.807) is 0 Å². The largest absolute Gasteiger partial charge is 0.442 e. The average molecular weight is 484 g/mol. The molecule has 2 heterocycles. The highest BCUT2D eigenvalue weighted by Crippen LogP contribution is 2.56. The number of piperidine rings is 1. The lowest BCUT2D eigenvalue weighted by Gasteiger charge is -2.48. The van der Waals surface area contributed by atoms with Crippen molar-refractivity contribution in [3.05, 3.63) is 71.8 Å². The summed E-state index contributed by atoms with van der Waals surface area (Å²) in [5.41, 5.74) is 0.737. The molecule has 0 radical (unpaired) electrons. The third kappa shape index (κ3) is 3.87. The van der Waals surface area contributed by atoms with Gasteiger partial charge in [-0.1, -0.05) is 76.6 Å². The van der Waals surface area contributed by atoms with Crippen LogP contribution in [0.5, 0.6) is 0 Å². The highest BCUT2D eigenvalue weighted by Gasteiger charge is 2.60. The fraction of sp³-hybridized carbons (Fsp3) is 0.519. The molecule has 0 spiro atoms. The van der Waals surface area contributed by atoms with E-state index < -0.39 is 11.1 Å². The maximum absolute atomic E-state index is 14.0. The second-order valence-electron chi connectivity index (χ2n) is 9.42. The average Bonchev–Trinajstić information content (AvgIpc) is 3.64. The standard InChI is InChI=1S/C26H31NO2.CH3Br/c1-25(20-9-5-3-6-10-20,21-11-7-4-8-12-21)24(28)29-26-18-17-22(27(26)2)15-16-23(26)19-13-14-19;1-2/h3-12,19,22-23H,13-18H2,1-2H3;1H3/t22-,23?,26+;/m1./s1. The number of carbonyl (C=O) groups excluding carboxylic acids is 1. The second kappa shape index (κ2) is 9.07. The zero-order valence-electron chi connectivity index (χ0n) is 18.9. The van der Waals surface area contributed by atoms with Crippen molar-refractivity contribution in [3.63, 3.8) is 0 Å². The minimum absolute atomic E-state index is 0.116. The van der Waals surface area contributed by atoms with Gasteiger partial charge in [0.1, 0.15) is 5.41 Å². The lowest BCUT2D eigenvalue weighted by molar-refractivity contribution is -0.207. The molecule has 2 bridgehead atoms. The van der Waals surface area contributed by atoms with E-state index in [4.69, 9.17) is 4.74 Å². The van der Waals surface area contributed by atoms with Crippen molar-refractivity contribution in [3.8, 4) is 0 Å². The lowest BCUT2D eigenvalue weighted by atomic mass is 9.75. The van der Waals surface area contributed by atoms with Gasteiger partial charge in [0.25, 0.3) is 0 Å². The molecule has 1 saturated carbocycles. The highest BCUT2D eigenvalue weighted by molar-refractivity contribution is 9.08. The van der Waals surface area contributed by atoms with Crippen molar-refractivity contribution in [2.75, 3.05) is 12.9 Å². The van der Waals surface area contributed by atoms with Gasteiger partial charge < -0.3 is 4.74 Å². The minimum Gasteiger partial charge on any atom is -0.442 e. The Morgan fingerprint density at radius 1 is 0.935 bits per heavy atom. The molecule has 3 aliphatic rings. The Morgan fingerprint density at radius 3 is 2.00 bits per heavy atom. The zero-order chi connectivity index (χ0) is 22.1. The molecule has 166 valence electrons. The van der Waals surface area contributed by atoms with Crippen LogP contribution in [0.15, 0.2) is 60.7 Å². The summed E-state index contributed by atoms with van der Waals surface area (Å²) in [5.74, 6) is 2.90. The van der Waals surface area contributed by atoms with Crippen LogP contribution in [-0.2, 0) is 14.9 Å². The first-order valence-corrected chi connectivity index (χ1v) is 13.1. The predicted octanol–water partition coefficient (Wildman–Crippen LogP) is 6.16. The van der Waals surface area contributed by atoms with E-state index in [-0.39, 0.29) is 5.97 Å². The fourth-order valence-corrected chi connectivity index (χ4v) is 5.94. The van der Waals surface area contributed by atoms with Crippen molar-refractivity contribution >= 4 is 21.9 Å². The number of esters is 1. The van der Waals surface area contributed by atoms with Crippen LogP contribution in [0.4, 0.5) is 0 Å². The number of rotatable bonds is 5. The van der Waals surface area contributed by atoms with E-state index in [1.807, 2.05) is 73.4 Å². The predicted molar refractivity (Wildman–Crippen MR) is 129 cm³/mol. The molecule has 31 heavy (non-hydrogen) atoms. The number of hydrogen-bond acceptors (Lipinski definition) is 3. The Hall–Kier alpha value is -1.65. The highest BCUT2D eigenvalue weighted by atomic mass is 79.9. The number of benzene rings is 2. The first-order valence-electron chi connectivity index (χ1n) is 11.5. The van der Waals surface area contributed by atoms with Gasteiger partial charge in [-0.05, 0) is 69.0 Å². The molecule has 3 atom stereocenters. The first-order chi connectivity index (χ1) is 15.1. The third-order valence-corrected chi connectivity index (χ3v) is 7.94. The van der Waals surface area contributed by atoms with Gasteiger partial charge >= 0.3 is 5.97 Å². The SMILES string of the molecule is CBr.CN1[C@@H]2CCC(C3CC3)[C@@]1(OC(=O)C(C)(c1ccccc1)c1ccccc1)CC2. The molecular weight excluding hydrogens is 450 g/mol. The van der Waals surface area contributed by atoms with Crippen LogP contribution in [0.1, 0.15) is 56.6 Å². The summed E-state index contributed by atoms with van der Waals surface area (Å²) < 4.78 is 6.66. The monoisotopic (exact) mass is 483 g/mol. The number of hydrogen-bond donors (Lipinski definition) is 0. The normalized spacial score (nSPS) is 27.9. The van der Waals surface area contributed by atoms with Crippen LogP contribution in [0.25, 0.3) is 0 Å². The zero-order valence-corrected chi connectivity index (χ0v) is 20.5. The molecule has 2 aromatic carbocycles. The quantitative estimate of drug-likeness (QED) is 0.376. The number of halogens is 1. The van der Waals surface area contributed by atoms with Crippen molar-refractivity contribution in [1.82, 2.24) is 4.90 Å². The Bertz CT molecular complexity index is 843. The maximum Gasteiger partial charge on any atom is 0.322 e. The van der Waals surface area contributed by atoms with Gasteiger partial charge in [-0.2, -0.15) is 0 Å². The van der Waals surface area contributed by atoms with Crippen LogP contribution in [-0.4, -0.2) is 35.5 Å². The third-order valence-electron chi connectivity index (χ3n) is 7.94. The molecular formula is C27H34BrNO2. The molecule has 0 amide bonds. The van der Waals surface area contributed by atoms with Gasteiger partial charge in [0.2, 0.25) is 0 Å². The number of fused-ring (bicyclic) bond motifs is 2. The van der Waals surface area contributed by atoms with Crippen molar-refractivity contribution in [1.29, 1.82) is 0 Å². The molecule has 2 aliphatic heterocycles. The summed E-state index contributed by atoms with van der Waals surface area (Å²) in [7, 11) is 2.18. The molecule has 1 aliphatic carbocycles. The summed E-state index contributed by atoms with van der Waals surface area (Å²) in [6.07, 6.45) is 7.13. The van der Waals surface area contributed by atoms with Gasteiger partial charge in [0.15, 0.2) is 5.72 Å². The van der Waals surface area contributed by atoms with Crippen molar-refractivity contribution in [2.45, 2.75) is 62.6 Å². The molecule has 4 heteroatoms. The van der Waals surface area contributed by atoms with Crippen molar-refractivity contribution < 1.29 is 9.53 Å². The summed E-state index contributed by atoms with van der Waals surface area (Å²) in [6.45, 7) is 2.03. The van der Waals surface area contributed by atoms with Crippen LogP contribution in [0.3, 0.4) is 0 Å². The van der Waals surface area contributed by atoms with E-state index >= 15 is 0 Å². The molecule has 5 rings (SSSR count). The smallest absolute Gasteiger partial charge is 0.322 e. The lowest BCUT2D eigenvalue weighted by Crippen LogP contribution is -2.58. The Morgan fingerprint density at radius 2 is 1.48 bits per heavy atom. The van der Waals surface area contributed by atoms with Crippen LogP contribution >= 0.6 is 15.9 Å². The molecule has 2 saturated heterocycles. The van der Waals surface area contributed by atoms with Crippen LogP contribution < -0.4 is 0 Å². The number of ether oxygens (including phenoxy) is 1. The summed E-state index contributed by atoms with van der Waals surface area (Å²) >= 11 is 2.94. The van der Waals surface area contributed by atoms with E-state index in [1.165, 1.54) is 25.7 Å². The Labute approximate surface area is 195 Å². The van der Waals surface area contributed by atoms with Gasteiger partial charge in [-0.3, -0.25) is 9.69 Å². The fourth-order valence-electron chi connectivity index (χ4n) is 5.94. The van der Waals surface area contributed by atoms with Gasteiger partial charge in [0, 0.05) is 18.4 Å². The second-order valence-corrected chi connectivity index (χ2v) is 9.42. The topological polar surface area (TPSA) is 29.5 Å². The molecule has 1 unspecified atom stereocenters. The number of carbonyl (C=O) groups is 1. The summed E-state index contributed by atoms with van der Waals surface area (Å²) in [6, 6.07) is 20.8. The number of nitrogens with zero attached hydrogens (tertiary/aromatic N) is 1. The van der Waals surface area contributed by atoms with Crippen molar-refractivity contribution in [2.24, 2.45) is 11.8 Å². The Kier molecular flexibility index (Phi) is 6.60. The molecule has 3 fully saturated rings. The van der Waals surface area contributed by atoms with E-state index in [0.717, 1.165) is 29.9 Å². The Balaban J connectivity index is 0.00000112. The summed E-state index contributed by atoms with van der Waals surface area (Å²) in [4.78, 5) is 16.4. The summed E-state index contributed by atoms with van der Waals surface area (Å²) in [5, 5.41) is 0. The van der Waals surface area contributed by atoms with E-state index in [0.29, 0.717) is 12.0 Å². The van der Waals surface area contributed by atoms with Crippen LogP contribution in [0, 0.1) is 11.8 Å². The van der Waals surface area contributed by atoms with Crippen LogP contribution in [0.2, 0.25) is 0 Å². The molecule has 3 nitrogen and oxygen atoms in total.